The van der Waals surface area contributed by atoms with Crippen LogP contribution in [0.4, 0.5) is 10.1 Å². The quantitative estimate of drug-likeness (QED) is 0.417. The third-order valence-corrected chi connectivity index (χ3v) is 4.94. The second-order valence-corrected chi connectivity index (χ2v) is 7.14. The third kappa shape index (κ3) is 5.57. The normalized spacial score (nSPS) is 10.6. The van der Waals surface area contributed by atoms with Crippen LogP contribution in [0.15, 0.2) is 58.5 Å². The van der Waals surface area contributed by atoms with Gasteiger partial charge in [0.2, 0.25) is 11.1 Å². The fourth-order valence-electron chi connectivity index (χ4n) is 2.55. The zero-order chi connectivity index (χ0) is 21.5. The Bertz CT molecular complexity index is 1070. The van der Waals surface area contributed by atoms with Crippen LogP contribution in [-0.2, 0) is 11.2 Å². The maximum Gasteiger partial charge on any atom is 0.294 e. The molecule has 0 aliphatic rings. The molecule has 3 rings (SSSR count). The lowest BCUT2D eigenvalue weighted by Gasteiger charge is -2.09. The predicted molar refractivity (Wildman–Crippen MR) is 113 cm³/mol. The van der Waals surface area contributed by atoms with Gasteiger partial charge >= 0.3 is 0 Å². The van der Waals surface area contributed by atoms with Crippen LogP contribution in [-0.4, -0.2) is 33.1 Å². The van der Waals surface area contributed by atoms with Gasteiger partial charge in [-0.2, -0.15) is 4.68 Å². The van der Waals surface area contributed by atoms with E-state index < -0.39 is 11.4 Å². The van der Waals surface area contributed by atoms with Gasteiger partial charge in [-0.1, -0.05) is 23.9 Å². The molecule has 1 heterocycles. The van der Waals surface area contributed by atoms with Crippen molar-refractivity contribution in [1.82, 2.24) is 14.9 Å². The second kappa shape index (κ2) is 9.88. The molecule has 1 aromatic heterocycles. The Morgan fingerprint density at radius 3 is 2.53 bits per heavy atom. The first-order valence-corrected chi connectivity index (χ1v) is 10.1. The minimum Gasteiger partial charge on any atom is -0.494 e. The van der Waals surface area contributed by atoms with Crippen LogP contribution < -0.4 is 21.5 Å². The van der Waals surface area contributed by atoms with Crippen molar-refractivity contribution in [2.45, 2.75) is 18.5 Å². The number of nitrogens with two attached hydrogens (primary N) is 1. The number of amides is 1. The summed E-state index contributed by atoms with van der Waals surface area (Å²) in [4.78, 5) is 24.5. The number of nitrogens with one attached hydrogen (secondary N) is 1. The SMILES string of the molecule is CCOc1ccc(Cc2nnc(SCC(=O)Nc3ccc(F)cc3)n(N)c2=O)cc1. The van der Waals surface area contributed by atoms with Crippen molar-refractivity contribution in [3.8, 4) is 5.75 Å². The first-order valence-electron chi connectivity index (χ1n) is 9.10. The molecule has 0 spiro atoms. The molecule has 0 aliphatic carbocycles. The number of nitrogens with zero attached hydrogens (tertiary/aromatic N) is 3. The van der Waals surface area contributed by atoms with Crippen LogP contribution >= 0.6 is 11.8 Å². The molecule has 156 valence electrons. The first-order chi connectivity index (χ1) is 14.5. The molecule has 0 saturated carbocycles. The van der Waals surface area contributed by atoms with Crippen molar-refractivity contribution in [3.63, 3.8) is 0 Å². The lowest BCUT2D eigenvalue weighted by Crippen LogP contribution is -2.34. The zero-order valence-electron chi connectivity index (χ0n) is 16.2. The van der Waals surface area contributed by atoms with Crippen molar-refractivity contribution in [1.29, 1.82) is 0 Å². The largest absolute Gasteiger partial charge is 0.494 e. The molecular formula is C20H20FN5O3S. The topological polar surface area (TPSA) is 112 Å². The number of nitrogen functional groups attached to an aromatic ring is 1. The highest BCUT2D eigenvalue weighted by Crippen LogP contribution is 2.16. The van der Waals surface area contributed by atoms with Crippen LogP contribution in [0.25, 0.3) is 0 Å². The van der Waals surface area contributed by atoms with Crippen molar-refractivity contribution in [2.75, 3.05) is 23.5 Å². The summed E-state index contributed by atoms with van der Waals surface area (Å²) in [6, 6.07) is 12.7. The van der Waals surface area contributed by atoms with Gasteiger partial charge in [-0.25, -0.2) is 4.39 Å². The van der Waals surface area contributed by atoms with E-state index >= 15 is 0 Å². The fraction of sp³-hybridized carbons (Fsp3) is 0.200. The summed E-state index contributed by atoms with van der Waals surface area (Å²) in [5.41, 5.74) is 1.04. The lowest BCUT2D eigenvalue weighted by atomic mass is 10.1. The van der Waals surface area contributed by atoms with Gasteiger partial charge in [-0.15, -0.1) is 10.2 Å². The van der Waals surface area contributed by atoms with Crippen molar-refractivity contribution >= 4 is 23.4 Å². The van der Waals surface area contributed by atoms with Crippen LogP contribution in [0.5, 0.6) is 5.75 Å². The summed E-state index contributed by atoms with van der Waals surface area (Å²) in [6.45, 7) is 2.48. The summed E-state index contributed by atoms with van der Waals surface area (Å²) >= 11 is 0.976. The van der Waals surface area contributed by atoms with Gasteiger partial charge < -0.3 is 15.9 Å². The van der Waals surface area contributed by atoms with Gasteiger partial charge in [-0.3, -0.25) is 9.59 Å². The minimum absolute atomic E-state index is 0.0407. The Balaban J connectivity index is 1.62. The van der Waals surface area contributed by atoms with E-state index in [0.29, 0.717) is 12.3 Å². The molecule has 1 amide bonds. The molecule has 3 aromatic rings. The van der Waals surface area contributed by atoms with Gasteiger partial charge in [0.25, 0.3) is 5.56 Å². The molecule has 3 N–H and O–H groups in total. The van der Waals surface area contributed by atoms with Crippen LogP contribution in [0.3, 0.4) is 0 Å². The number of halogens is 1. The van der Waals surface area contributed by atoms with E-state index in [1.165, 1.54) is 24.3 Å². The fourth-order valence-corrected chi connectivity index (χ4v) is 3.21. The van der Waals surface area contributed by atoms with Crippen LogP contribution in [0.2, 0.25) is 0 Å². The van der Waals surface area contributed by atoms with E-state index in [0.717, 1.165) is 27.8 Å². The number of benzene rings is 2. The number of hydrogen-bond acceptors (Lipinski definition) is 7. The molecule has 0 fully saturated rings. The van der Waals surface area contributed by atoms with E-state index in [4.69, 9.17) is 10.6 Å². The number of hydrogen-bond donors (Lipinski definition) is 2. The Hall–Kier alpha value is -3.40. The molecule has 0 saturated heterocycles. The van der Waals surface area contributed by atoms with Gasteiger partial charge in [0, 0.05) is 12.1 Å². The zero-order valence-corrected chi connectivity index (χ0v) is 17.0. The average Bonchev–Trinajstić information content (AvgIpc) is 2.74. The molecular weight excluding hydrogens is 409 g/mol. The standard InChI is InChI=1S/C20H20FN5O3S/c1-2-29-16-9-3-13(4-10-16)11-17-19(28)26(22)20(25-24-17)30-12-18(27)23-15-7-5-14(21)6-8-15/h3-10H,2,11-12,22H2,1H3,(H,23,27). The van der Waals surface area contributed by atoms with Gasteiger partial charge in [0.05, 0.1) is 12.4 Å². The molecule has 2 aromatic carbocycles. The van der Waals surface area contributed by atoms with Crippen molar-refractivity contribution < 1.29 is 13.9 Å². The van der Waals surface area contributed by atoms with Gasteiger partial charge in [0.1, 0.15) is 17.3 Å². The summed E-state index contributed by atoms with van der Waals surface area (Å²) in [6.07, 6.45) is 0.269. The second-order valence-electron chi connectivity index (χ2n) is 6.20. The van der Waals surface area contributed by atoms with E-state index in [-0.39, 0.29) is 28.9 Å². The summed E-state index contributed by atoms with van der Waals surface area (Å²) in [5.74, 6) is 5.81. The molecule has 8 nitrogen and oxygen atoms in total. The molecule has 0 atom stereocenters. The summed E-state index contributed by atoms with van der Waals surface area (Å²) in [5, 5.41) is 10.7. The molecule has 0 radical (unpaired) electrons. The number of ether oxygens (including phenoxy) is 1. The Morgan fingerprint density at radius 2 is 1.87 bits per heavy atom. The number of carbonyl (C=O) groups excluding carboxylic acids is 1. The molecule has 10 heteroatoms. The Kier molecular flexibility index (Phi) is 7.02. The number of carbonyl (C=O) groups is 1. The van der Waals surface area contributed by atoms with E-state index in [1.807, 2.05) is 31.2 Å². The molecule has 0 bridgehead atoms. The number of rotatable bonds is 8. The van der Waals surface area contributed by atoms with E-state index in [1.54, 1.807) is 0 Å². The minimum atomic E-state index is -0.486. The van der Waals surface area contributed by atoms with E-state index in [2.05, 4.69) is 15.5 Å². The maximum absolute atomic E-state index is 12.9. The molecule has 0 unspecified atom stereocenters. The lowest BCUT2D eigenvalue weighted by molar-refractivity contribution is -0.113. The highest BCUT2D eigenvalue weighted by molar-refractivity contribution is 7.99. The van der Waals surface area contributed by atoms with Gasteiger partial charge in [0.15, 0.2) is 0 Å². The smallest absolute Gasteiger partial charge is 0.294 e. The first kappa shape index (κ1) is 21.3. The Labute approximate surface area is 176 Å². The van der Waals surface area contributed by atoms with Crippen molar-refractivity contribution in [3.05, 3.63) is 76.0 Å². The predicted octanol–water partition coefficient (Wildman–Crippen LogP) is 2.21. The van der Waals surface area contributed by atoms with Gasteiger partial charge in [-0.05, 0) is 48.9 Å². The average molecular weight is 429 g/mol. The third-order valence-electron chi connectivity index (χ3n) is 3.99. The monoisotopic (exact) mass is 429 g/mol. The molecule has 30 heavy (non-hydrogen) atoms. The summed E-state index contributed by atoms with van der Waals surface area (Å²) in [7, 11) is 0. The van der Waals surface area contributed by atoms with Crippen LogP contribution in [0, 0.1) is 5.82 Å². The molecule has 0 aliphatic heterocycles. The Morgan fingerprint density at radius 1 is 1.17 bits per heavy atom. The maximum atomic E-state index is 12.9. The number of aromatic nitrogens is 3. The summed E-state index contributed by atoms with van der Waals surface area (Å²) < 4.78 is 19.2. The number of anilines is 1. The van der Waals surface area contributed by atoms with E-state index in [9.17, 15) is 14.0 Å². The van der Waals surface area contributed by atoms with Crippen LogP contribution in [0.1, 0.15) is 18.2 Å². The highest BCUT2D eigenvalue weighted by Gasteiger charge is 2.13. The number of thioether (sulfide) groups is 1. The highest BCUT2D eigenvalue weighted by atomic mass is 32.2. The van der Waals surface area contributed by atoms with Crippen molar-refractivity contribution in [2.24, 2.45) is 0 Å².